The highest BCUT2D eigenvalue weighted by atomic mass is 35.5. The third-order valence-corrected chi connectivity index (χ3v) is 7.67. The standard InChI is InChI=1S/C25H34ClF2N3O5/c1-30(23(35)20(29)14-36-2)24(11-16-4-6-18(26)7-5-16)8-3-9-31(15-24)22(34)19(10-21(32)33)17-12-25(27,28)13-17/h4-7,17,19-20H,3,8-15,29H2,1-2H3,(H,32,33)/t19?,20?,24-/m1/s1. The molecule has 3 N–H and O–H groups in total. The summed E-state index contributed by atoms with van der Waals surface area (Å²) in [5.41, 5.74) is 6.11. The van der Waals surface area contributed by atoms with Crippen LogP contribution in [0.1, 0.15) is 37.7 Å². The number of benzene rings is 1. The van der Waals surface area contributed by atoms with Crippen LogP contribution in [-0.4, -0.2) is 84.0 Å². The van der Waals surface area contributed by atoms with Gasteiger partial charge in [-0.15, -0.1) is 0 Å². The summed E-state index contributed by atoms with van der Waals surface area (Å²) in [5.74, 6) is -6.60. The molecule has 36 heavy (non-hydrogen) atoms. The maximum atomic E-state index is 13.6. The number of nitrogens with two attached hydrogens (primary N) is 1. The lowest BCUT2D eigenvalue weighted by Gasteiger charge is -2.50. The Bertz CT molecular complexity index is 956. The minimum Gasteiger partial charge on any atom is -0.481 e. The number of methoxy groups -OCH3 is 1. The van der Waals surface area contributed by atoms with E-state index in [1.165, 1.54) is 12.0 Å². The number of nitrogens with zero attached hydrogens (tertiary/aromatic N) is 2. The molecule has 0 spiro atoms. The highest BCUT2D eigenvalue weighted by Gasteiger charge is 2.52. The van der Waals surface area contributed by atoms with Crippen LogP contribution in [0.4, 0.5) is 8.78 Å². The monoisotopic (exact) mass is 529 g/mol. The summed E-state index contributed by atoms with van der Waals surface area (Å²) >= 11 is 6.04. The summed E-state index contributed by atoms with van der Waals surface area (Å²) in [4.78, 5) is 41.3. The molecule has 200 valence electrons. The lowest BCUT2D eigenvalue weighted by atomic mass is 9.71. The smallest absolute Gasteiger partial charge is 0.304 e. The van der Waals surface area contributed by atoms with Crippen molar-refractivity contribution in [2.24, 2.45) is 17.6 Å². The van der Waals surface area contributed by atoms with Gasteiger partial charge in [0.05, 0.1) is 24.5 Å². The van der Waals surface area contributed by atoms with Gasteiger partial charge >= 0.3 is 5.97 Å². The van der Waals surface area contributed by atoms with Gasteiger partial charge in [0.15, 0.2) is 0 Å². The van der Waals surface area contributed by atoms with E-state index < -0.39 is 60.5 Å². The quantitative estimate of drug-likeness (QED) is 0.482. The number of hydrogen-bond donors (Lipinski definition) is 2. The minimum atomic E-state index is -2.87. The first-order valence-corrected chi connectivity index (χ1v) is 12.4. The van der Waals surface area contributed by atoms with E-state index in [4.69, 9.17) is 22.1 Å². The molecule has 11 heteroatoms. The Labute approximate surface area is 214 Å². The Morgan fingerprint density at radius 1 is 1.28 bits per heavy atom. The van der Waals surface area contributed by atoms with Crippen molar-refractivity contribution in [3.63, 3.8) is 0 Å². The van der Waals surface area contributed by atoms with Crippen molar-refractivity contribution in [3.05, 3.63) is 34.9 Å². The molecule has 2 aliphatic rings. The molecule has 2 unspecified atom stereocenters. The first-order chi connectivity index (χ1) is 16.9. The summed E-state index contributed by atoms with van der Waals surface area (Å²) in [6.07, 6.45) is 0.0354. The van der Waals surface area contributed by atoms with Crippen molar-refractivity contribution in [1.82, 2.24) is 9.80 Å². The van der Waals surface area contributed by atoms with E-state index in [2.05, 4.69) is 0 Å². The predicted octanol–water partition coefficient (Wildman–Crippen LogP) is 2.81. The third-order valence-electron chi connectivity index (χ3n) is 7.42. The molecular weight excluding hydrogens is 496 g/mol. The molecule has 1 saturated carbocycles. The number of carbonyl (C=O) groups excluding carboxylic acids is 2. The van der Waals surface area contributed by atoms with E-state index in [0.29, 0.717) is 30.8 Å². The van der Waals surface area contributed by atoms with Gasteiger partial charge in [-0.2, -0.15) is 0 Å². The fraction of sp³-hybridized carbons (Fsp3) is 0.640. The van der Waals surface area contributed by atoms with Crippen LogP contribution in [0.3, 0.4) is 0 Å². The molecule has 2 fully saturated rings. The van der Waals surface area contributed by atoms with Gasteiger partial charge in [0.1, 0.15) is 6.04 Å². The number of alkyl halides is 2. The van der Waals surface area contributed by atoms with Gasteiger partial charge in [0, 0.05) is 45.1 Å². The summed E-state index contributed by atoms with van der Waals surface area (Å²) in [7, 11) is 3.09. The second kappa shape index (κ2) is 11.4. The summed E-state index contributed by atoms with van der Waals surface area (Å²) in [5, 5.41) is 9.94. The zero-order chi connectivity index (χ0) is 26.7. The summed E-state index contributed by atoms with van der Waals surface area (Å²) in [6, 6.07) is 6.29. The second-order valence-electron chi connectivity index (χ2n) is 10.1. The van der Waals surface area contributed by atoms with Crippen LogP contribution in [-0.2, 0) is 25.5 Å². The molecule has 1 saturated heterocycles. The molecule has 3 rings (SSSR count). The van der Waals surface area contributed by atoms with Gasteiger partial charge in [-0.1, -0.05) is 23.7 Å². The molecule has 1 heterocycles. The average molecular weight is 530 g/mol. The number of amides is 2. The molecule has 1 aliphatic carbocycles. The highest BCUT2D eigenvalue weighted by molar-refractivity contribution is 6.30. The first kappa shape index (κ1) is 28.3. The zero-order valence-corrected chi connectivity index (χ0v) is 21.3. The maximum Gasteiger partial charge on any atom is 0.304 e. The number of likely N-dealkylation sites (tertiary alicyclic amines) is 1. The van der Waals surface area contributed by atoms with Gasteiger partial charge in [-0.05, 0) is 42.9 Å². The van der Waals surface area contributed by atoms with E-state index >= 15 is 0 Å². The molecule has 8 nitrogen and oxygen atoms in total. The largest absolute Gasteiger partial charge is 0.481 e. The minimum absolute atomic E-state index is 0.0272. The Balaban J connectivity index is 1.89. The van der Waals surface area contributed by atoms with Crippen molar-refractivity contribution in [2.45, 2.75) is 56.0 Å². The molecule has 1 aromatic rings. The van der Waals surface area contributed by atoms with Crippen molar-refractivity contribution in [2.75, 3.05) is 33.9 Å². The fourth-order valence-corrected chi connectivity index (χ4v) is 5.55. The molecule has 0 radical (unpaired) electrons. The van der Waals surface area contributed by atoms with Crippen LogP contribution in [0.2, 0.25) is 5.02 Å². The van der Waals surface area contributed by atoms with Crippen LogP contribution >= 0.6 is 11.6 Å². The van der Waals surface area contributed by atoms with Gasteiger partial charge in [0.2, 0.25) is 17.7 Å². The maximum absolute atomic E-state index is 13.6. The molecule has 0 bridgehead atoms. The first-order valence-electron chi connectivity index (χ1n) is 12.0. The Kier molecular flexibility index (Phi) is 8.95. The van der Waals surface area contributed by atoms with Gasteiger partial charge < -0.3 is 25.4 Å². The number of carboxylic acid groups (broad SMARTS) is 1. The molecule has 3 atom stereocenters. The van der Waals surface area contributed by atoms with Gasteiger partial charge in [-0.3, -0.25) is 14.4 Å². The number of carboxylic acids is 1. The van der Waals surface area contributed by atoms with Crippen LogP contribution in [0.5, 0.6) is 0 Å². The number of carbonyl (C=O) groups is 3. The number of piperidine rings is 1. The van der Waals surface area contributed by atoms with Crippen molar-refractivity contribution < 1.29 is 33.0 Å². The summed E-state index contributed by atoms with van der Waals surface area (Å²) in [6.45, 7) is 0.516. The fourth-order valence-electron chi connectivity index (χ4n) is 5.42. The van der Waals surface area contributed by atoms with E-state index in [-0.39, 0.29) is 19.1 Å². The normalized spacial score (nSPS) is 23.4. The van der Waals surface area contributed by atoms with E-state index in [0.717, 1.165) is 5.56 Å². The zero-order valence-electron chi connectivity index (χ0n) is 20.6. The van der Waals surface area contributed by atoms with Crippen molar-refractivity contribution in [1.29, 1.82) is 0 Å². The Hall–Kier alpha value is -2.30. The van der Waals surface area contributed by atoms with E-state index in [9.17, 15) is 28.3 Å². The molecule has 1 aromatic carbocycles. The number of likely N-dealkylation sites (N-methyl/N-ethyl adjacent to an activating group) is 1. The lowest BCUT2D eigenvalue weighted by molar-refractivity contribution is -0.164. The van der Waals surface area contributed by atoms with Gasteiger partial charge in [0.25, 0.3) is 0 Å². The van der Waals surface area contributed by atoms with E-state index in [1.807, 2.05) is 12.1 Å². The molecule has 1 aliphatic heterocycles. The second-order valence-corrected chi connectivity index (χ2v) is 10.5. The van der Waals surface area contributed by atoms with Crippen LogP contribution in [0.15, 0.2) is 24.3 Å². The van der Waals surface area contributed by atoms with Crippen molar-refractivity contribution >= 4 is 29.4 Å². The Morgan fingerprint density at radius 3 is 2.47 bits per heavy atom. The van der Waals surface area contributed by atoms with E-state index in [1.54, 1.807) is 24.1 Å². The number of aliphatic carboxylic acids is 1. The molecule has 2 amide bonds. The number of halogens is 3. The molecular formula is C25H34ClF2N3O5. The number of hydrogen-bond acceptors (Lipinski definition) is 5. The topological polar surface area (TPSA) is 113 Å². The third kappa shape index (κ3) is 6.52. The number of ether oxygens (including phenoxy) is 1. The van der Waals surface area contributed by atoms with Gasteiger partial charge in [-0.25, -0.2) is 8.78 Å². The lowest BCUT2D eigenvalue weighted by Crippen LogP contribution is -2.64. The van der Waals surface area contributed by atoms with Crippen LogP contribution < -0.4 is 5.73 Å². The highest BCUT2D eigenvalue weighted by Crippen LogP contribution is 2.47. The van der Waals surface area contributed by atoms with Crippen LogP contribution in [0, 0.1) is 11.8 Å². The predicted molar refractivity (Wildman–Crippen MR) is 130 cm³/mol. The molecule has 0 aromatic heterocycles. The van der Waals surface area contributed by atoms with Crippen molar-refractivity contribution in [3.8, 4) is 0 Å². The number of rotatable bonds is 10. The Morgan fingerprint density at radius 2 is 1.92 bits per heavy atom. The van der Waals surface area contributed by atoms with Crippen LogP contribution in [0.25, 0.3) is 0 Å². The average Bonchev–Trinajstić information content (AvgIpc) is 2.81. The SMILES string of the molecule is COCC(N)C(=O)N(C)[C@@]1(Cc2ccc(Cl)cc2)CCCN(C(=O)C(CC(=O)O)C2CC(F)(F)C2)C1. The summed E-state index contributed by atoms with van der Waals surface area (Å²) < 4.78 is 32.2.